The van der Waals surface area contributed by atoms with Crippen LogP contribution in [0.3, 0.4) is 0 Å². The molecule has 5 nitrogen and oxygen atoms in total. The maximum atomic E-state index is 11.0. The summed E-state index contributed by atoms with van der Waals surface area (Å²) in [5.41, 5.74) is 6.46. The molecule has 0 spiro atoms. The number of rotatable bonds is 0. The largest absolute Gasteiger partial charge is 0.444 e. The Balaban J connectivity index is 0.000000241. The number of nitrogens with one attached hydrogen (secondary N) is 2. The predicted molar refractivity (Wildman–Crippen MR) is 97.3 cm³/mol. The second-order valence-corrected chi connectivity index (χ2v) is 6.07. The topological polar surface area (TPSA) is 67.4 Å². The molecule has 2 amide bonds. The van der Waals surface area contributed by atoms with Crippen molar-refractivity contribution in [1.82, 2.24) is 0 Å². The van der Waals surface area contributed by atoms with Gasteiger partial charge in [-0.25, -0.2) is 4.79 Å². The molecule has 0 atom stereocenters. The van der Waals surface area contributed by atoms with Crippen LogP contribution < -0.4 is 10.6 Å². The number of fused-ring (bicyclic) bond motifs is 2. The van der Waals surface area contributed by atoms with Gasteiger partial charge in [0, 0.05) is 20.5 Å². The average Bonchev–Trinajstić information content (AvgIpc) is 2.54. The summed E-state index contributed by atoms with van der Waals surface area (Å²) in [6, 6.07) is 12.1. The minimum absolute atomic E-state index is 0. The summed E-state index contributed by atoms with van der Waals surface area (Å²) in [7, 11) is 0. The highest BCUT2D eigenvalue weighted by Crippen LogP contribution is 2.23. The van der Waals surface area contributed by atoms with Gasteiger partial charge in [0.25, 0.3) is 0 Å². The van der Waals surface area contributed by atoms with Gasteiger partial charge in [0.05, 0.1) is 5.69 Å². The molecule has 5 heteroatoms. The molecular weight excluding hydrogens is 304 g/mol. The molecule has 0 saturated carbocycles. The van der Waals surface area contributed by atoms with E-state index in [1.54, 1.807) is 0 Å². The van der Waals surface area contributed by atoms with Crippen molar-refractivity contribution in [2.75, 3.05) is 10.6 Å². The molecule has 2 N–H and O–H groups in total. The van der Waals surface area contributed by atoms with Crippen LogP contribution in [0.4, 0.5) is 16.2 Å². The summed E-state index contributed by atoms with van der Waals surface area (Å²) in [5, 5.41) is 5.50. The number of ether oxygens (including phenoxy) is 1. The highest BCUT2D eigenvalue weighted by Gasteiger charge is 2.14. The summed E-state index contributed by atoms with van der Waals surface area (Å²) < 4.78 is 4.79. The molecule has 0 unspecified atom stereocenters. The number of hydrogen-bond donors (Lipinski definition) is 2. The molecule has 0 fully saturated rings. The molecule has 0 radical (unpaired) electrons. The smallest absolute Gasteiger partial charge is 0.411 e. The third kappa shape index (κ3) is 3.74. The molecule has 128 valence electrons. The van der Waals surface area contributed by atoms with Crippen LogP contribution in [0.1, 0.15) is 31.5 Å². The average molecular weight is 328 g/mol. The number of anilines is 2. The first kappa shape index (κ1) is 16.1. The first-order valence-corrected chi connectivity index (χ1v) is 7.94. The fourth-order valence-electron chi connectivity index (χ4n) is 2.71. The molecule has 0 saturated heterocycles. The number of carbonyl (C=O) groups is 2. The van der Waals surface area contributed by atoms with Crippen LogP contribution in [0.2, 0.25) is 0 Å². The van der Waals surface area contributed by atoms with Crippen LogP contribution in [0.15, 0.2) is 36.4 Å². The molecule has 0 aliphatic carbocycles. The summed E-state index contributed by atoms with van der Waals surface area (Å²) in [5.74, 6) is 0.133. The van der Waals surface area contributed by atoms with Crippen molar-refractivity contribution >= 4 is 23.4 Å². The number of carbonyl (C=O) groups excluding carboxylic acids is 2. The molecule has 2 aromatic rings. The zero-order valence-electron chi connectivity index (χ0n) is 13.8. The van der Waals surface area contributed by atoms with E-state index >= 15 is 0 Å². The Morgan fingerprint density at radius 1 is 0.875 bits per heavy atom. The van der Waals surface area contributed by atoms with E-state index in [-0.39, 0.29) is 14.9 Å². The molecule has 0 bridgehead atoms. The lowest BCUT2D eigenvalue weighted by molar-refractivity contribution is -0.116. The quantitative estimate of drug-likeness (QED) is 0.752. The van der Waals surface area contributed by atoms with Crippen LogP contribution in [0.5, 0.6) is 0 Å². The molecule has 2 heterocycles. The fourth-order valence-corrected chi connectivity index (χ4v) is 2.71. The van der Waals surface area contributed by atoms with Crippen molar-refractivity contribution in [3.63, 3.8) is 0 Å². The molecule has 2 aliphatic heterocycles. The van der Waals surface area contributed by atoms with Gasteiger partial charge in [0.1, 0.15) is 6.61 Å². The summed E-state index contributed by atoms with van der Waals surface area (Å²) in [4.78, 5) is 21.8. The molecule has 2 aliphatic rings. The summed E-state index contributed by atoms with van der Waals surface area (Å²) in [6.45, 7) is 4.39. The number of benzene rings is 2. The van der Waals surface area contributed by atoms with Crippen LogP contribution in [-0.4, -0.2) is 12.0 Å². The summed E-state index contributed by atoms with van der Waals surface area (Å²) in [6.07, 6.45) is 1.13. The van der Waals surface area contributed by atoms with Crippen molar-refractivity contribution in [3.05, 3.63) is 58.7 Å². The Kier molecular flexibility index (Phi) is 4.51. The van der Waals surface area contributed by atoms with Gasteiger partial charge in [-0.15, -0.1) is 0 Å². The van der Waals surface area contributed by atoms with Crippen molar-refractivity contribution < 1.29 is 17.2 Å². The Bertz CT molecular complexity index is 742. The maximum absolute atomic E-state index is 11.0. The normalized spacial score (nSPS) is 14.9. The van der Waals surface area contributed by atoms with Gasteiger partial charge in [-0.1, -0.05) is 24.3 Å². The second-order valence-electron chi connectivity index (χ2n) is 6.07. The van der Waals surface area contributed by atoms with E-state index in [4.69, 9.17) is 4.74 Å². The lowest BCUT2D eigenvalue weighted by atomic mass is 10.0. The van der Waals surface area contributed by atoms with Gasteiger partial charge in [-0.2, -0.15) is 0 Å². The highest BCUT2D eigenvalue weighted by atomic mass is 16.5. The van der Waals surface area contributed by atoms with Crippen molar-refractivity contribution in [3.8, 4) is 0 Å². The van der Waals surface area contributed by atoms with Gasteiger partial charge < -0.3 is 10.1 Å². The van der Waals surface area contributed by atoms with Gasteiger partial charge in [0.2, 0.25) is 5.91 Å². The number of aryl methyl sites for hydroxylation is 3. The lowest BCUT2D eigenvalue weighted by Gasteiger charge is -2.17. The number of amides is 2. The molecule has 24 heavy (non-hydrogen) atoms. The third-order valence-corrected chi connectivity index (χ3v) is 4.02. The van der Waals surface area contributed by atoms with E-state index in [9.17, 15) is 9.59 Å². The number of hydrogen-bond acceptors (Lipinski definition) is 3. The Labute approximate surface area is 144 Å². The van der Waals surface area contributed by atoms with E-state index in [1.165, 1.54) is 11.1 Å². The second kappa shape index (κ2) is 6.74. The minimum atomic E-state index is -0.367. The van der Waals surface area contributed by atoms with Crippen molar-refractivity contribution in [1.29, 1.82) is 0 Å². The van der Waals surface area contributed by atoms with E-state index in [1.807, 2.05) is 38.1 Å². The van der Waals surface area contributed by atoms with Gasteiger partial charge in [-0.3, -0.25) is 10.1 Å². The Hall–Kier alpha value is -2.82. The van der Waals surface area contributed by atoms with Crippen molar-refractivity contribution in [2.24, 2.45) is 0 Å². The molecular formula is C19H24N2O3. The van der Waals surface area contributed by atoms with Gasteiger partial charge in [0.15, 0.2) is 0 Å². The van der Waals surface area contributed by atoms with Gasteiger partial charge >= 0.3 is 6.09 Å². The Morgan fingerprint density at radius 3 is 2.21 bits per heavy atom. The first-order chi connectivity index (χ1) is 11.5. The third-order valence-electron chi connectivity index (χ3n) is 4.02. The zero-order chi connectivity index (χ0) is 17.1. The van der Waals surface area contributed by atoms with Crippen LogP contribution in [0, 0.1) is 13.8 Å². The standard InChI is InChI=1S/C10H11NO.C9H9NO2.2H2/c1-7-2-3-8-4-5-10(12)11-9(8)6-7;1-6-2-3-7-5-12-9(11)10-8(7)4-6;;/h2-3,6H,4-5H2,1H3,(H,11,12);2-4H,5H2,1H3,(H,10,11);2*1H. The monoisotopic (exact) mass is 328 g/mol. The summed E-state index contributed by atoms with van der Waals surface area (Å²) >= 11 is 0. The van der Waals surface area contributed by atoms with Crippen LogP contribution >= 0.6 is 0 Å². The van der Waals surface area contributed by atoms with Gasteiger partial charge in [-0.05, 0) is 49.1 Å². The van der Waals surface area contributed by atoms with Crippen LogP contribution in [-0.2, 0) is 22.6 Å². The highest BCUT2D eigenvalue weighted by molar-refractivity contribution is 5.94. The molecule has 4 rings (SSSR count). The predicted octanol–water partition coefficient (Wildman–Crippen LogP) is 4.43. The minimum Gasteiger partial charge on any atom is -0.444 e. The van der Waals surface area contributed by atoms with Crippen LogP contribution in [0.25, 0.3) is 0 Å². The Morgan fingerprint density at radius 2 is 1.50 bits per heavy atom. The van der Waals surface area contributed by atoms with E-state index in [0.717, 1.165) is 28.9 Å². The first-order valence-electron chi connectivity index (χ1n) is 7.94. The van der Waals surface area contributed by atoms with Crippen molar-refractivity contribution in [2.45, 2.75) is 33.3 Å². The number of cyclic esters (lactones) is 1. The van der Waals surface area contributed by atoms with E-state index < -0.39 is 0 Å². The maximum Gasteiger partial charge on any atom is 0.411 e. The molecule has 0 aromatic heterocycles. The SMILES string of the molecule is Cc1ccc2c(c1)NC(=O)CC2.Cc1ccc2c(c1)NC(=O)OC2.[HH].[HH]. The molecule has 2 aromatic carbocycles. The zero-order valence-corrected chi connectivity index (χ0v) is 13.8. The lowest BCUT2D eigenvalue weighted by Crippen LogP contribution is -2.20. The fraction of sp³-hybridized carbons (Fsp3) is 0.263. The van der Waals surface area contributed by atoms with E-state index in [0.29, 0.717) is 13.0 Å². The van der Waals surface area contributed by atoms with E-state index in [2.05, 4.69) is 22.8 Å².